The topological polar surface area (TPSA) is 16.4 Å². The van der Waals surface area contributed by atoms with Gasteiger partial charge in [0.15, 0.2) is 0 Å². The van der Waals surface area contributed by atoms with E-state index in [-0.39, 0.29) is 5.41 Å². The summed E-state index contributed by atoms with van der Waals surface area (Å²) in [4.78, 5) is 2.44. The Bertz CT molecular complexity index is 2770. The average Bonchev–Trinajstić information content (AvgIpc) is 3.67. The molecule has 1 aliphatic rings. The van der Waals surface area contributed by atoms with Crippen molar-refractivity contribution in [1.29, 1.82) is 0 Å². The summed E-state index contributed by atoms with van der Waals surface area (Å²) >= 11 is 0. The zero-order valence-corrected chi connectivity index (χ0v) is 28.6. The molecule has 2 heteroatoms. The molecule has 0 amide bonds. The van der Waals surface area contributed by atoms with Crippen molar-refractivity contribution in [3.63, 3.8) is 0 Å². The SMILES string of the molecule is CC1(C)c2ccccc2-c2ccc3ccc(N(c4ccc5oc6ccccc6c5c4)c4ccc(-c5ccccc5)cc4-c4ccccc4)cc3c21. The van der Waals surface area contributed by atoms with E-state index in [2.05, 4.69) is 183 Å². The monoisotopic (exact) mass is 653 g/mol. The zero-order valence-electron chi connectivity index (χ0n) is 28.6. The molecule has 0 bridgehead atoms. The van der Waals surface area contributed by atoms with Crippen LogP contribution in [0, 0.1) is 0 Å². The van der Waals surface area contributed by atoms with Gasteiger partial charge in [0.1, 0.15) is 11.2 Å². The van der Waals surface area contributed by atoms with Gasteiger partial charge in [0.05, 0.1) is 5.69 Å². The largest absolute Gasteiger partial charge is 0.456 e. The maximum atomic E-state index is 6.30. The van der Waals surface area contributed by atoms with E-state index in [1.807, 2.05) is 12.1 Å². The van der Waals surface area contributed by atoms with Crippen molar-refractivity contribution in [2.24, 2.45) is 0 Å². The highest BCUT2D eigenvalue weighted by molar-refractivity contribution is 6.07. The lowest BCUT2D eigenvalue weighted by Crippen LogP contribution is -2.16. The quantitative estimate of drug-likeness (QED) is 0.184. The number of furan rings is 1. The molecule has 9 aromatic rings. The van der Waals surface area contributed by atoms with Gasteiger partial charge in [-0.15, -0.1) is 0 Å². The molecule has 10 rings (SSSR count). The molecule has 0 saturated heterocycles. The molecule has 0 N–H and O–H groups in total. The molecule has 0 aliphatic heterocycles. The minimum Gasteiger partial charge on any atom is -0.456 e. The Morgan fingerprint density at radius 1 is 0.431 bits per heavy atom. The van der Waals surface area contributed by atoms with Crippen LogP contribution < -0.4 is 4.90 Å². The molecule has 1 heterocycles. The molecule has 242 valence electrons. The number of fused-ring (bicyclic) bond motifs is 8. The number of para-hydroxylation sites is 1. The summed E-state index contributed by atoms with van der Waals surface area (Å²) in [6.07, 6.45) is 0. The standard InChI is InChI=1S/C49H35NO/c1-49(2)44-19-11-9-17-38(44)40-26-22-34-21-24-36(30-42(34)48(40)49)50(37-25-28-47-43(31-37)39-18-10-12-20-46(39)51-47)45-27-23-35(32-13-5-3-6-14-32)29-41(45)33-15-7-4-8-16-33/h3-31H,1-2H3. The molecular weight excluding hydrogens is 619 g/mol. The van der Waals surface area contributed by atoms with E-state index in [0.29, 0.717) is 0 Å². The second kappa shape index (κ2) is 11.3. The number of rotatable bonds is 5. The fourth-order valence-corrected chi connectivity index (χ4v) is 8.41. The van der Waals surface area contributed by atoms with Gasteiger partial charge in [0, 0.05) is 33.1 Å². The van der Waals surface area contributed by atoms with Crippen LogP contribution >= 0.6 is 0 Å². The highest BCUT2D eigenvalue weighted by atomic mass is 16.3. The predicted molar refractivity (Wildman–Crippen MR) is 214 cm³/mol. The van der Waals surface area contributed by atoms with E-state index in [4.69, 9.17) is 4.42 Å². The van der Waals surface area contributed by atoms with Crippen LogP contribution in [0.1, 0.15) is 25.0 Å². The van der Waals surface area contributed by atoms with Gasteiger partial charge in [-0.1, -0.05) is 141 Å². The van der Waals surface area contributed by atoms with E-state index < -0.39 is 0 Å². The third-order valence-electron chi connectivity index (χ3n) is 10.8. The average molecular weight is 654 g/mol. The molecule has 0 saturated carbocycles. The number of nitrogens with zero attached hydrogens (tertiary/aromatic N) is 1. The van der Waals surface area contributed by atoms with E-state index in [0.717, 1.165) is 39.0 Å². The van der Waals surface area contributed by atoms with Gasteiger partial charge in [-0.05, 0) is 98.2 Å². The molecule has 51 heavy (non-hydrogen) atoms. The summed E-state index contributed by atoms with van der Waals surface area (Å²) in [5, 5.41) is 4.76. The van der Waals surface area contributed by atoms with Crippen LogP contribution in [0.2, 0.25) is 0 Å². The lowest BCUT2D eigenvalue weighted by Gasteiger charge is -2.29. The predicted octanol–water partition coefficient (Wildman–Crippen LogP) is 13.8. The van der Waals surface area contributed by atoms with Gasteiger partial charge >= 0.3 is 0 Å². The van der Waals surface area contributed by atoms with Gasteiger partial charge in [-0.3, -0.25) is 0 Å². The molecule has 0 unspecified atom stereocenters. The Morgan fingerprint density at radius 3 is 1.90 bits per heavy atom. The maximum Gasteiger partial charge on any atom is 0.135 e. The molecular formula is C49H35NO. The zero-order chi connectivity index (χ0) is 34.1. The van der Waals surface area contributed by atoms with Gasteiger partial charge in [-0.25, -0.2) is 0 Å². The minimum atomic E-state index is -0.129. The van der Waals surface area contributed by atoms with Crippen LogP contribution in [0.15, 0.2) is 180 Å². The van der Waals surface area contributed by atoms with Crippen molar-refractivity contribution in [1.82, 2.24) is 0 Å². The molecule has 8 aromatic carbocycles. The molecule has 1 aromatic heterocycles. The van der Waals surface area contributed by atoms with Crippen LogP contribution in [0.3, 0.4) is 0 Å². The smallest absolute Gasteiger partial charge is 0.135 e. The molecule has 0 fully saturated rings. The van der Waals surface area contributed by atoms with E-state index in [9.17, 15) is 0 Å². The first-order chi connectivity index (χ1) is 25.0. The highest BCUT2D eigenvalue weighted by Crippen LogP contribution is 2.52. The first-order valence-corrected chi connectivity index (χ1v) is 17.7. The molecule has 1 aliphatic carbocycles. The van der Waals surface area contributed by atoms with Crippen molar-refractivity contribution >= 4 is 49.8 Å². The fraction of sp³-hybridized carbons (Fsp3) is 0.0612. The highest BCUT2D eigenvalue weighted by Gasteiger charge is 2.36. The number of anilines is 3. The fourth-order valence-electron chi connectivity index (χ4n) is 8.41. The van der Waals surface area contributed by atoms with E-state index in [1.54, 1.807) is 0 Å². The summed E-state index contributed by atoms with van der Waals surface area (Å²) < 4.78 is 6.30. The van der Waals surface area contributed by atoms with Crippen LogP contribution in [-0.4, -0.2) is 0 Å². The van der Waals surface area contributed by atoms with Gasteiger partial charge in [-0.2, -0.15) is 0 Å². The van der Waals surface area contributed by atoms with Crippen LogP contribution in [0.5, 0.6) is 0 Å². The third-order valence-corrected chi connectivity index (χ3v) is 10.8. The number of hydrogen-bond acceptors (Lipinski definition) is 2. The van der Waals surface area contributed by atoms with Crippen molar-refractivity contribution in [2.75, 3.05) is 4.90 Å². The maximum absolute atomic E-state index is 6.30. The summed E-state index contributed by atoms with van der Waals surface area (Å²) in [7, 11) is 0. The van der Waals surface area contributed by atoms with Crippen molar-refractivity contribution < 1.29 is 4.42 Å². The van der Waals surface area contributed by atoms with Crippen LogP contribution in [0.25, 0.3) is 66.1 Å². The van der Waals surface area contributed by atoms with E-state index >= 15 is 0 Å². The minimum absolute atomic E-state index is 0.129. The first kappa shape index (κ1) is 29.5. The number of benzene rings is 8. The Morgan fingerprint density at radius 2 is 1.08 bits per heavy atom. The third kappa shape index (κ3) is 4.64. The van der Waals surface area contributed by atoms with Crippen LogP contribution in [-0.2, 0) is 5.41 Å². The molecule has 0 spiro atoms. The number of hydrogen-bond donors (Lipinski definition) is 0. The molecule has 0 radical (unpaired) electrons. The first-order valence-electron chi connectivity index (χ1n) is 17.7. The summed E-state index contributed by atoms with van der Waals surface area (Å²) in [6.45, 7) is 4.74. The lowest BCUT2D eigenvalue weighted by molar-refractivity contribution is 0.666. The van der Waals surface area contributed by atoms with Gasteiger partial charge < -0.3 is 9.32 Å². The second-order valence-electron chi connectivity index (χ2n) is 14.1. The Balaban J connectivity index is 1.26. The summed E-state index contributed by atoms with van der Waals surface area (Å²) in [6, 6.07) is 63.7. The summed E-state index contributed by atoms with van der Waals surface area (Å²) in [5.74, 6) is 0. The Kier molecular flexibility index (Phi) is 6.56. The lowest BCUT2D eigenvalue weighted by atomic mass is 9.80. The Hall–Kier alpha value is -6.38. The molecule has 0 atom stereocenters. The summed E-state index contributed by atoms with van der Waals surface area (Å²) in [5.41, 5.74) is 15.1. The normalized spacial score (nSPS) is 13.1. The van der Waals surface area contributed by atoms with Crippen molar-refractivity contribution in [3.8, 4) is 33.4 Å². The van der Waals surface area contributed by atoms with Crippen molar-refractivity contribution in [3.05, 3.63) is 187 Å². The molecule has 2 nitrogen and oxygen atoms in total. The van der Waals surface area contributed by atoms with Crippen LogP contribution in [0.4, 0.5) is 17.1 Å². The second-order valence-corrected chi connectivity index (χ2v) is 14.1. The Labute approximate surface area is 297 Å². The van der Waals surface area contributed by atoms with Gasteiger partial charge in [0.25, 0.3) is 0 Å². The van der Waals surface area contributed by atoms with Crippen molar-refractivity contribution in [2.45, 2.75) is 19.3 Å². The van der Waals surface area contributed by atoms with E-state index in [1.165, 1.54) is 55.3 Å². The van der Waals surface area contributed by atoms with Gasteiger partial charge in [0.2, 0.25) is 0 Å².